The highest BCUT2D eigenvalue weighted by Crippen LogP contribution is 2.32. The number of halogens is 1. The molecular weight excluding hydrogens is 516 g/mol. The van der Waals surface area contributed by atoms with Gasteiger partial charge in [0.05, 0.1) is 35.8 Å². The molecule has 3 aromatic rings. The Hall–Kier alpha value is -3.71. The lowest BCUT2D eigenvalue weighted by Gasteiger charge is -2.19. The molecule has 1 aromatic carbocycles. The lowest BCUT2D eigenvalue weighted by molar-refractivity contribution is -0.122. The van der Waals surface area contributed by atoms with Crippen LogP contribution in [0.1, 0.15) is 32.4 Å². The van der Waals surface area contributed by atoms with E-state index in [1.165, 1.54) is 22.4 Å². The first-order valence-electron chi connectivity index (χ1n) is 11.2. The van der Waals surface area contributed by atoms with E-state index in [9.17, 15) is 14.7 Å². The van der Waals surface area contributed by atoms with Crippen LogP contribution in [0.25, 0.3) is 11.3 Å². The Labute approximate surface area is 222 Å². The monoisotopic (exact) mass is 540 g/mol. The van der Waals surface area contributed by atoms with Crippen molar-refractivity contribution in [3.63, 3.8) is 0 Å². The predicted octanol–water partition coefficient (Wildman–Crippen LogP) is 2.38. The van der Waals surface area contributed by atoms with E-state index in [-0.39, 0.29) is 48.3 Å². The molecular formula is C24H25ClN8O3S. The summed E-state index contributed by atoms with van der Waals surface area (Å²) in [5.74, 6) is -0.356. The minimum Gasteiger partial charge on any atom is -0.394 e. The predicted molar refractivity (Wildman–Crippen MR) is 142 cm³/mol. The van der Waals surface area contributed by atoms with Crippen molar-refractivity contribution >= 4 is 52.8 Å². The summed E-state index contributed by atoms with van der Waals surface area (Å²) in [6, 6.07) is 6.67. The van der Waals surface area contributed by atoms with Gasteiger partial charge in [-0.2, -0.15) is 4.99 Å². The Kier molecular flexibility index (Phi) is 8.24. The van der Waals surface area contributed by atoms with Crippen LogP contribution in [0.3, 0.4) is 0 Å². The second-order valence-corrected chi connectivity index (χ2v) is 9.73. The van der Waals surface area contributed by atoms with Crippen LogP contribution >= 0.6 is 22.9 Å². The van der Waals surface area contributed by atoms with Gasteiger partial charge in [0, 0.05) is 29.6 Å². The van der Waals surface area contributed by atoms with E-state index in [1.807, 2.05) is 18.4 Å². The van der Waals surface area contributed by atoms with Crippen LogP contribution in [-0.2, 0) is 11.3 Å². The topological polar surface area (TPSA) is 156 Å². The number of amides is 2. The van der Waals surface area contributed by atoms with Gasteiger partial charge < -0.3 is 26.2 Å². The number of aryl methyl sites for hydroxylation is 1. The van der Waals surface area contributed by atoms with Crippen molar-refractivity contribution in [2.24, 2.45) is 4.99 Å². The van der Waals surface area contributed by atoms with Crippen molar-refractivity contribution in [1.29, 1.82) is 5.41 Å². The van der Waals surface area contributed by atoms with Crippen LogP contribution in [0.5, 0.6) is 0 Å². The Balaban J connectivity index is 1.50. The minimum absolute atomic E-state index is 0.0880. The lowest BCUT2D eigenvalue weighted by Crippen LogP contribution is -2.39. The molecule has 0 saturated heterocycles. The zero-order chi connectivity index (χ0) is 26.5. The maximum atomic E-state index is 13.1. The second-order valence-electron chi connectivity index (χ2n) is 8.21. The Morgan fingerprint density at radius 3 is 2.89 bits per heavy atom. The van der Waals surface area contributed by atoms with Crippen molar-refractivity contribution in [3.8, 4) is 11.3 Å². The number of nitrogens with zero attached hydrogens (tertiary/aromatic N) is 4. The minimum atomic E-state index is -0.530. The Bertz CT molecular complexity index is 1380. The van der Waals surface area contributed by atoms with Crippen LogP contribution < -0.4 is 16.2 Å². The number of nitrogens with one attached hydrogen (secondary N) is 4. The van der Waals surface area contributed by atoms with E-state index in [2.05, 4.69) is 31.1 Å². The van der Waals surface area contributed by atoms with Gasteiger partial charge in [-0.05, 0) is 35.6 Å². The summed E-state index contributed by atoms with van der Waals surface area (Å²) in [7, 11) is 1.64. The van der Waals surface area contributed by atoms with Crippen LogP contribution in [0.2, 0.25) is 5.02 Å². The number of thiophene rings is 1. The molecule has 2 amide bonds. The first-order chi connectivity index (χ1) is 17.8. The third kappa shape index (κ3) is 6.00. The molecule has 13 heteroatoms. The summed E-state index contributed by atoms with van der Waals surface area (Å²) in [5, 5.41) is 22.1. The average molecular weight is 541 g/mol. The van der Waals surface area contributed by atoms with Crippen molar-refractivity contribution < 1.29 is 14.7 Å². The normalized spacial score (nSPS) is 13.9. The zero-order valence-corrected chi connectivity index (χ0v) is 21.7. The van der Waals surface area contributed by atoms with Gasteiger partial charge in [-0.1, -0.05) is 23.7 Å². The molecule has 192 valence electrons. The fraction of sp³-hybridized carbons (Fsp3) is 0.250. The van der Waals surface area contributed by atoms with Gasteiger partial charge in [-0.3, -0.25) is 9.59 Å². The number of benzene rings is 1. The van der Waals surface area contributed by atoms with Gasteiger partial charge in [-0.15, -0.1) is 11.3 Å². The number of hydrogen-bond acceptors (Lipinski definition) is 9. The summed E-state index contributed by atoms with van der Waals surface area (Å²) in [6.45, 7) is 1.86. The number of aromatic nitrogens is 2. The number of aliphatic imine (C=N–C) groups is 1. The first-order valence-corrected chi connectivity index (χ1v) is 12.5. The Morgan fingerprint density at radius 1 is 1.41 bits per heavy atom. The molecule has 0 spiro atoms. The molecule has 0 saturated carbocycles. The molecule has 0 fully saturated rings. The molecule has 1 unspecified atom stereocenters. The van der Waals surface area contributed by atoms with E-state index in [0.29, 0.717) is 16.8 Å². The van der Waals surface area contributed by atoms with Crippen LogP contribution in [0, 0.1) is 12.3 Å². The molecule has 1 aliphatic heterocycles. The number of fused-ring (bicyclic) bond motifs is 1. The summed E-state index contributed by atoms with van der Waals surface area (Å²) >= 11 is 7.89. The van der Waals surface area contributed by atoms with Crippen LogP contribution in [0.15, 0.2) is 40.8 Å². The number of hydrazine groups is 1. The zero-order valence-electron chi connectivity index (χ0n) is 20.1. The molecule has 3 heterocycles. The molecule has 0 radical (unpaired) electrons. The fourth-order valence-electron chi connectivity index (χ4n) is 3.88. The molecule has 0 aliphatic carbocycles. The summed E-state index contributed by atoms with van der Waals surface area (Å²) < 4.78 is 0. The number of aliphatic hydroxyl groups is 1. The van der Waals surface area contributed by atoms with E-state index in [1.54, 1.807) is 25.2 Å². The quantitative estimate of drug-likeness (QED) is 0.158. The molecule has 2 aromatic heterocycles. The van der Waals surface area contributed by atoms with Crippen LogP contribution in [-0.4, -0.2) is 64.0 Å². The number of aliphatic hydroxyl groups excluding tert-OH is 1. The third-order valence-electron chi connectivity index (χ3n) is 5.61. The van der Waals surface area contributed by atoms with E-state index in [4.69, 9.17) is 17.0 Å². The lowest BCUT2D eigenvalue weighted by atomic mass is 10.0. The van der Waals surface area contributed by atoms with E-state index >= 15 is 0 Å². The van der Waals surface area contributed by atoms with Gasteiger partial charge >= 0.3 is 0 Å². The number of rotatable bonds is 9. The average Bonchev–Trinajstić information content (AvgIpc) is 3.45. The van der Waals surface area contributed by atoms with Crippen LogP contribution in [0.4, 0.5) is 5.95 Å². The second kappa shape index (κ2) is 11.6. The molecule has 1 atom stereocenters. The van der Waals surface area contributed by atoms with Crippen molar-refractivity contribution in [2.45, 2.75) is 19.5 Å². The smallest absolute Gasteiger partial charge is 0.254 e. The summed E-state index contributed by atoms with van der Waals surface area (Å²) in [4.78, 5) is 41.0. The van der Waals surface area contributed by atoms with Gasteiger partial charge in [0.15, 0.2) is 5.84 Å². The highest BCUT2D eigenvalue weighted by atomic mass is 35.5. The molecule has 4 rings (SSSR count). The van der Waals surface area contributed by atoms with E-state index in [0.717, 1.165) is 22.2 Å². The van der Waals surface area contributed by atoms with E-state index < -0.39 is 6.04 Å². The molecule has 5 N–H and O–H groups in total. The largest absolute Gasteiger partial charge is 0.394 e. The summed E-state index contributed by atoms with van der Waals surface area (Å²) in [6.07, 6.45) is 2.42. The number of carbonyl (C=O) groups excluding carboxylic acids is 2. The molecule has 11 nitrogen and oxygen atoms in total. The first kappa shape index (κ1) is 26.4. The summed E-state index contributed by atoms with van der Waals surface area (Å²) in [5.41, 5.74) is 8.40. The highest BCUT2D eigenvalue weighted by Gasteiger charge is 2.30. The Morgan fingerprint density at radius 2 is 2.22 bits per heavy atom. The SMILES string of the molecule is CNN/C(C=N)=N\c1ncc(Cl)c(-c2ccc3c(c2)C(=O)N(CC(=O)NC(CO)c2csc(C)c2)C3)n1. The van der Waals surface area contributed by atoms with Gasteiger partial charge in [0.2, 0.25) is 5.91 Å². The number of amidine groups is 1. The molecule has 1 aliphatic rings. The van der Waals surface area contributed by atoms with Gasteiger partial charge in [0.25, 0.3) is 11.9 Å². The maximum absolute atomic E-state index is 13.1. The number of carbonyl (C=O) groups is 2. The highest BCUT2D eigenvalue weighted by molar-refractivity contribution is 7.10. The maximum Gasteiger partial charge on any atom is 0.254 e. The molecule has 37 heavy (non-hydrogen) atoms. The van der Waals surface area contributed by atoms with Gasteiger partial charge in [0.1, 0.15) is 6.54 Å². The number of hydrogen-bond donors (Lipinski definition) is 5. The van der Waals surface area contributed by atoms with Gasteiger partial charge in [-0.25, -0.2) is 15.4 Å². The standard InChI is InChI=1S/C24H25ClN8O3S/c1-13-5-16(12-37-13)19(11-34)29-21(35)10-33-9-15-4-3-14(6-17(15)23(33)36)22-18(25)8-28-24(31-22)30-20(7-26)32-27-2/h3-8,12,19,26-27,34H,9-11H2,1-2H3,(H,29,35)(H,28,30,31,32). The fourth-order valence-corrected chi connectivity index (χ4v) is 4.84. The van der Waals surface area contributed by atoms with Crippen molar-refractivity contribution in [2.75, 3.05) is 20.2 Å². The van der Waals surface area contributed by atoms with Crippen molar-refractivity contribution in [3.05, 3.63) is 62.4 Å². The van der Waals surface area contributed by atoms with Crippen molar-refractivity contribution in [1.82, 2.24) is 31.0 Å². The molecule has 0 bridgehead atoms. The third-order valence-corrected chi connectivity index (χ3v) is 6.77.